The zero-order valence-corrected chi connectivity index (χ0v) is 15.8. The minimum absolute atomic E-state index is 0.457. The average molecular weight is 412 g/mol. The molecule has 0 saturated heterocycles. The van der Waals surface area contributed by atoms with Crippen molar-refractivity contribution in [2.45, 2.75) is 26.8 Å². The molecule has 3 aromatic rings. The molecule has 6 nitrogen and oxygen atoms in total. The predicted molar refractivity (Wildman–Crippen MR) is 94.4 cm³/mol. The molecule has 2 heterocycles. The zero-order chi connectivity index (χ0) is 17.3. The number of hydrogen-bond acceptors (Lipinski definition) is 5. The molecular weight excluding hydrogens is 396 g/mol. The van der Waals surface area contributed by atoms with E-state index in [0.29, 0.717) is 41.0 Å². The Hall–Kier alpha value is -1.86. The smallest absolute Gasteiger partial charge is 0.228 e. The molecule has 0 atom stereocenters. The maximum absolute atomic E-state index is 6.05. The summed E-state index contributed by atoms with van der Waals surface area (Å²) in [7, 11) is 1.59. The number of aryl methyl sites for hydroxylation is 3. The highest BCUT2D eigenvalue weighted by molar-refractivity contribution is 9.10. The molecule has 0 fully saturated rings. The van der Waals surface area contributed by atoms with Crippen LogP contribution in [-0.4, -0.2) is 27.0 Å². The largest absolute Gasteiger partial charge is 0.496 e. The van der Waals surface area contributed by atoms with E-state index in [1.165, 1.54) is 0 Å². The Morgan fingerprint density at radius 1 is 1.33 bits per heavy atom. The van der Waals surface area contributed by atoms with Crippen molar-refractivity contribution in [2.75, 3.05) is 7.11 Å². The van der Waals surface area contributed by atoms with Crippen LogP contribution in [0, 0.1) is 13.8 Å². The van der Waals surface area contributed by atoms with Gasteiger partial charge in [-0.3, -0.25) is 4.68 Å². The summed E-state index contributed by atoms with van der Waals surface area (Å²) in [6.45, 7) is 4.64. The van der Waals surface area contributed by atoms with E-state index in [0.717, 1.165) is 15.9 Å². The molecule has 0 amide bonds. The fourth-order valence-corrected chi connectivity index (χ4v) is 2.87. The van der Waals surface area contributed by atoms with Crippen molar-refractivity contribution in [2.24, 2.45) is 0 Å². The number of nitrogens with zero attached hydrogens (tertiary/aromatic N) is 4. The maximum Gasteiger partial charge on any atom is 0.228 e. The minimum atomic E-state index is 0.457. The number of methoxy groups -OCH3 is 1. The predicted octanol–water partition coefficient (Wildman–Crippen LogP) is 4.22. The van der Waals surface area contributed by atoms with Gasteiger partial charge in [0.2, 0.25) is 11.7 Å². The summed E-state index contributed by atoms with van der Waals surface area (Å²) in [5.74, 6) is 1.64. The molecule has 0 unspecified atom stereocenters. The first kappa shape index (κ1) is 17.0. The Bertz CT molecular complexity index is 875. The molecule has 0 spiro atoms. The lowest BCUT2D eigenvalue weighted by Crippen LogP contribution is -2.05. The van der Waals surface area contributed by atoms with Crippen molar-refractivity contribution in [3.05, 3.63) is 45.0 Å². The van der Waals surface area contributed by atoms with E-state index in [2.05, 4.69) is 31.2 Å². The van der Waals surface area contributed by atoms with E-state index in [1.807, 2.05) is 18.5 Å². The number of benzene rings is 1. The molecule has 0 bridgehead atoms. The van der Waals surface area contributed by atoms with Crippen molar-refractivity contribution < 1.29 is 9.26 Å². The first-order valence-electron chi connectivity index (χ1n) is 7.35. The molecule has 0 aliphatic heterocycles. The Kier molecular flexibility index (Phi) is 4.91. The first-order valence-corrected chi connectivity index (χ1v) is 8.52. The summed E-state index contributed by atoms with van der Waals surface area (Å²) in [5.41, 5.74) is 2.74. The fourth-order valence-electron chi connectivity index (χ4n) is 2.42. The van der Waals surface area contributed by atoms with Gasteiger partial charge in [-0.1, -0.05) is 16.8 Å². The Balaban J connectivity index is 1.79. The average Bonchev–Trinajstić information content (AvgIpc) is 3.14. The van der Waals surface area contributed by atoms with Crippen molar-refractivity contribution in [1.29, 1.82) is 0 Å². The van der Waals surface area contributed by atoms with Gasteiger partial charge in [-0.2, -0.15) is 10.1 Å². The molecule has 24 heavy (non-hydrogen) atoms. The van der Waals surface area contributed by atoms with Gasteiger partial charge >= 0.3 is 0 Å². The summed E-state index contributed by atoms with van der Waals surface area (Å²) >= 11 is 9.57. The molecule has 0 saturated carbocycles. The highest BCUT2D eigenvalue weighted by Crippen LogP contribution is 2.30. The molecule has 2 aromatic heterocycles. The second-order valence-electron chi connectivity index (χ2n) is 5.31. The third-order valence-corrected chi connectivity index (χ3v) is 5.08. The van der Waals surface area contributed by atoms with E-state index < -0.39 is 0 Å². The lowest BCUT2D eigenvalue weighted by molar-refractivity contribution is 0.368. The first-order chi connectivity index (χ1) is 11.5. The molecule has 0 radical (unpaired) electrons. The van der Waals surface area contributed by atoms with Crippen molar-refractivity contribution >= 4 is 27.5 Å². The van der Waals surface area contributed by atoms with Crippen LogP contribution in [0.2, 0.25) is 5.02 Å². The Morgan fingerprint density at radius 2 is 2.12 bits per heavy atom. The van der Waals surface area contributed by atoms with Crippen LogP contribution in [-0.2, 0) is 13.0 Å². The highest BCUT2D eigenvalue weighted by atomic mass is 79.9. The van der Waals surface area contributed by atoms with Gasteiger partial charge in [0.1, 0.15) is 5.75 Å². The molecule has 0 aliphatic carbocycles. The third-order valence-electron chi connectivity index (χ3n) is 3.70. The van der Waals surface area contributed by atoms with E-state index in [-0.39, 0.29) is 0 Å². The lowest BCUT2D eigenvalue weighted by atomic mass is 10.2. The van der Waals surface area contributed by atoms with E-state index in [1.54, 1.807) is 25.3 Å². The van der Waals surface area contributed by atoms with Gasteiger partial charge in [0.15, 0.2) is 0 Å². The van der Waals surface area contributed by atoms with Crippen LogP contribution in [0.15, 0.2) is 27.2 Å². The van der Waals surface area contributed by atoms with Gasteiger partial charge in [-0.25, -0.2) is 0 Å². The maximum atomic E-state index is 6.05. The molecular formula is C16H16BrClN4O2. The SMILES string of the molecule is COc1ccc(Cl)cc1-c1noc(CCn2nc(C)c(Br)c2C)n1. The van der Waals surface area contributed by atoms with Crippen molar-refractivity contribution in [3.8, 4) is 17.1 Å². The zero-order valence-electron chi connectivity index (χ0n) is 13.5. The Labute approximate surface area is 152 Å². The normalized spacial score (nSPS) is 11.0. The van der Waals surface area contributed by atoms with Crippen molar-refractivity contribution in [3.63, 3.8) is 0 Å². The number of halogens is 2. The highest BCUT2D eigenvalue weighted by Gasteiger charge is 2.15. The van der Waals surface area contributed by atoms with E-state index >= 15 is 0 Å². The molecule has 0 N–H and O–H groups in total. The van der Waals surface area contributed by atoms with Gasteiger partial charge in [-0.15, -0.1) is 0 Å². The summed E-state index contributed by atoms with van der Waals surface area (Å²) < 4.78 is 13.6. The number of ether oxygens (including phenoxy) is 1. The van der Waals surface area contributed by atoms with Gasteiger partial charge in [0.25, 0.3) is 0 Å². The third kappa shape index (κ3) is 3.32. The van der Waals surface area contributed by atoms with E-state index in [4.69, 9.17) is 20.9 Å². The van der Waals surface area contributed by atoms with Crippen LogP contribution in [0.1, 0.15) is 17.3 Å². The van der Waals surface area contributed by atoms with Crippen LogP contribution < -0.4 is 4.74 Å². The van der Waals surface area contributed by atoms with Crippen LogP contribution in [0.25, 0.3) is 11.4 Å². The fraction of sp³-hybridized carbons (Fsp3) is 0.312. The number of hydrogen-bond donors (Lipinski definition) is 0. The molecule has 1 aromatic carbocycles. The Morgan fingerprint density at radius 3 is 2.79 bits per heavy atom. The van der Waals surface area contributed by atoms with Crippen molar-refractivity contribution in [1.82, 2.24) is 19.9 Å². The minimum Gasteiger partial charge on any atom is -0.496 e. The van der Waals surface area contributed by atoms with Gasteiger partial charge in [0, 0.05) is 17.1 Å². The molecule has 0 aliphatic rings. The van der Waals surface area contributed by atoms with Crippen LogP contribution in [0.3, 0.4) is 0 Å². The quantitative estimate of drug-likeness (QED) is 0.629. The van der Waals surface area contributed by atoms with Crippen LogP contribution in [0.5, 0.6) is 5.75 Å². The lowest BCUT2D eigenvalue weighted by Gasteiger charge is -2.04. The second kappa shape index (κ2) is 6.94. The number of rotatable bonds is 5. The second-order valence-corrected chi connectivity index (χ2v) is 6.54. The topological polar surface area (TPSA) is 66.0 Å². The van der Waals surface area contributed by atoms with Gasteiger partial charge in [-0.05, 0) is 48.0 Å². The summed E-state index contributed by atoms with van der Waals surface area (Å²) in [6, 6.07) is 5.29. The summed E-state index contributed by atoms with van der Waals surface area (Å²) in [5, 5.41) is 9.09. The van der Waals surface area contributed by atoms with E-state index in [9.17, 15) is 0 Å². The molecule has 8 heteroatoms. The summed E-state index contributed by atoms with van der Waals surface area (Å²) in [4.78, 5) is 4.43. The number of aromatic nitrogens is 4. The van der Waals surface area contributed by atoms with Crippen LogP contribution >= 0.6 is 27.5 Å². The van der Waals surface area contributed by atoms with Gasteiger partial charge < -0.3 is 9.26 Å². The van der Waals surface area contributed by atoms with Gasteiger partial charge in [0.05, 0.1) is 29.4 Å². The molecule has 126 valence electrons. The molecule has 3 rings (SSSR count). The van der Waals surface area contributed by atoms with Crippen LogP contribution in [0.4, 0.5) is 0 Å². The monoisotopic (exact) mass is 410 g/mol. The standard InChI is InChI=1S/C16H16BrClN4O2/c1-9-15(17)10(2)22(20-9)7-6-14-19-16(21-24-14)12-8-11(18)4-5-13(12)23-3/h4-5,8H,6-7H2,1-3H3. The summed E-state index contributed by atoms with van der Waals surface area (Å²) in [6.07, 6.45) is 0.588.